The fourth-order valence-corrected chi connectivity index (χ4v) is 7.10. The highest BCUT2D eigenvalue weighted by Crippen LogP contribution is 2.50. The van der Waals surface area contributed by atoms with Gasteiger partial charge in [-0.05, 0) is 65.6 Å². The smallest absolute Gasteiger partial charge is 0.243 e. The molecule has 3 aromatic rings. The van der Waals surface area contributed by atoms with Gasteiger partial charge in [0, 0.05) is 37.8 Å². The van der Waals surface area contributed by atoms with Crippen LogP contribution >= 0.6 is 0 Å². The Morgan fingerprint density at radius 1 is 0.909 bits per heavy atom. The van der Waals surface area contributed by atoms with Crippen LogP contribution in [0.1, 0.15) is 29.5 Å². The molecular weight excluding hydrogens is 430 g/mol. The SMILES string of the molecule is CN1CCN(S(=O)(=O)c2ccc3c(c2)C2C=CCC2C(c2ccc4ccccc4c2)N3)CC1. The van der Waals surface area contributed by atoms with Crippen LogP contribution in [0.25, 0.3) is 10.8 Å². The third-order valence-electron chi connectivity index (χ3n) is 7.57. The number of fused-ring (bicyclic) bond motifs is 4. The van der Waals surface area contributed by atoms with E-state index in [1.807, 2.05) is 19.2 Å². The number of anilines is 1. The van der Waals surface area contributed by atoms with Crippen molar-refractivity contribution >= 4 is 26.5 Å². The summed E-state index contributed by atoms with van der Waals surface area (Å²) in [5, 5.41) is 6.25. The molecule has 1 saturated heterocycles. The Morgan fingerprint density at radius 3 is 2.52 bits per heavy atom. The molecule has 33 heavy (non-hydrogen) atoms. The van der Waals surface area contributed by atoms with Crippen molar-refractivity contribution in [2.24, 2.45) is 5.92 Å². The number of hydrogen-bond donors (Lipinski definition) is 1. The van der Waals surface area contributed by atoms with Crippen LogP contribution < -0.4 is 5.32 Å². The predicted molar refractivity (Wildman–Crippen MR) is 133 cm³/mol. The number of nitrogens with zero attached hydrogens (tertiary/aromatic N) is 2. The summed E-state index contributed by atoms with van der Waals surface area (Å²) in [5.74, 6) is 0.598. The number of rotatable bonds is 3. The fourth-order valence-electron chi connectivity index (χ4n) is 5.64. The van der Waals surface area contributed by atoms with E-state index in [0.29, 0.717) is 23.9 Å². The molecule has 0 bridgehead atoms. The molecule has 3 aromatic carbocycles. The highest BCUT2D eigenvalue weighted by Gasteiger charge is 2.39. The van der Waals surface area contributed by atoms with Crippen LogP contribution in [0.2, 0.25) is 0 Å². The Morgan fingerprint density at radius 2 is 1.70 bits per heavy atom. The lowest BCUT2D eigenvalue weighted by Gasteiger charge is -2.38. The van der Waals surface area contributed by atoms with E-state index in [9.17, 15) is 8.42 Å². The fraction of sp³-hybridized carbons (Fsp3) is 0.333. The molecule has 1 N–H and O–H groups in total. The summed E-state index contributed by atoms with van der Waals surface area (Å²) < 4.78 is 28.3. The maximum Gasteiger partial charge on any atom is 0.243 e. The van der Waals surface area contributed by atoms with Crippen LogP contribution in [0.15, 0.2) is 77.7 Å². The molecule has 2 heterocycles. The minimum absolute atomic E-state index is 0.196. The van der Waals surface area contributed by atoms with E-state index in [0.717, 1.165) is 30.8 Å². The van der Waals surface area contributed by atoms with Gasteiger partial charge in [0.1, 0.15) is 0 Å². The lowest BCUT2D eigenvalue weighted by atomic mass is 9.77. The summed E-state index contributed by atoms with van der Waals surface area (Å²) in [6.07, 6.45) is 5.51. The minimum Gasteiger partial charge on any atom is -0.378 e. The van der Waals surface area contributed by atoms with Crippen molar-refractivity contribution in [2.45, 2.75) is 23.3 Å². The highest BCUT2D eigenvalue weighted by atomic mass is 32.2. The zero-order valence-corrected chi connectivity index (χ0v) is 19.6. The van der Waals surface area contributed by atoms with Gasteiger partial charge in [0.05, 0.1) is 10.9 Å². The molecule has 2 aliphatic heterocycles. The quantitative estimate of drug-likeness (QED) is 0.582. The van der Waals surface area contributed by atoms with Crippen LogP contribution in [-0.2, 0) is 10.0 Å². The maximum atomic E-state index is 13.4. The molecule has 5 nitrogen and oxygen atoms in total. The second-order valence-corrected chi connectivity index (χ2v) is 11.5. The number of benzene rings is 3. The van der Waals surface area contributed by atoms with Crippen molar-refractivity contribution in [3.05, 3.63) is 83.9 Å². The summed E-state index contributed by atoms with van der Waals surface area (Å²) in [7, 11) is -1.45. The molecule has 6 rings (SSSR count). The van der Waals surface area contributed by atoms with Gasteiger partial charge >= 0.3 is 0 Å². The van der Waals surface area contributed by atoms with Gasteiger partial charge in [0.15, 0.2) is 0 Å². The number of likely N-dealkylation sites (N-methyl/N-ethyl adjacent to an activating group) is 1. The first-order chi connectivity index (χ1) is 16.0. The monoisotopic (exact) mass is 459 g/mol. The van der Waals surface area contributed by atoms with Crippen LogP contribution in [0.4, 0.5) is 5.69 Å². The Hall–Kier alpha value is -2.67. The Bertz CT molecular complexity index is 1340. The Kier molecular flexibility index (Phi) is 5.05. The third kappa shape index (κ3) is 3.57. The van der Waals surface area contributed by atoms with Crippen molar-refractivity contribution in [1.29, 1.82) is 0 Å². The zero-order chi connectivity index (χ0) is 22.6. The standard InChI is InChI=1S/C27H29N3O2S/c1-29-13-15-30(16-14-29)33(31,32)22-11-12-26-25(18-22)23-7-4-8-24(23)27(28-26)21-10-9-19-5-2-3-6-20(19)17-21/h2-7,9-12,17-18,23-24,27-28H,8,13-16H2,1H3. The number of piperazine rings is 1. The normalized spacial score (nSPS) is 25.5. The Balaban J connectivity index is 1.35. The zero-order valence-electron chi connectivity index (χ0n) is 18.8. The second kappa shape index (κ2) is 7.97. The van der Waals surface area contributed by atoms with Gasteiger partial charge in [-0.2, -0.15) is 4.31 Å². The van der Waals surface area contributed by atoms with Gasteiger partial charge in [-0.15, -0.1) is 0 Å². The number of hydrogen-bond acceptors (Lipinski definition) is 4. The van der Waals surface area contributed by atoms with Gasteiger partial charge in [-0.1, -0.05) is 48.6 Å². The number of nitrogens with one attached hydrogen (secondary N) is 1. The lowest BCUT2D eigenvalue weighted by molar-refractivity contribution is 0.222. The van der Waals surface area contributed by atoms with Gasteiger partial charge in [0.25, 0.3) is 0 Å². The second-order valence-electron chi connectivity index (χ2n) is 9.54. The van der Waals surface area contributed by atoms with Crippen molar-refractivity contribution in [3.63, 3.8) is 0 Å². The summed E-state index contributed by atoms with van der Waals surface area (Å²) >= 11 is 0. The summed E-state index contributed by atoms with van der Waals surface area (Å²) in [4.78, 5) is 2.58. The van der Waals surface area contributed by atoms with E-state index >= 15 is 0 Å². The Labute approximate surface area is 195 Å². The first-order valence-corrected chi connectivity index (χ1v) is 13.2. The van der Waals surface area contributed by atoms with Gasteiger partial charge in [-0.3, -0.25) is 0 Å². The van der Waals surface area contributed by atoms with Gasteiger partial charge in [-0.25, -0.2) is 8.42 Å². The molecule has 3 unspecified atom stereocenters. The predicted octanol–water partition coefficient (Wildman–Crippen LogP) is 4.60. The molecule has 0 spiro atoms. The highest BCUT2D eigenvalue weighted by molar-refractivity contribution is 7.89. The maximum absolute atomic E-state index is 13.4. The molecule has 0 saturated carbocycles. The van der Waals surface area contributed by atoms with Crippen LogP contribution in [0, 0.1) is 5.92 Å². The van der Waals surface area contributed by atoms with E-state index in [4.69, 9.17) is 0 Å². The lowest BCUT2D eigenvalue weighted by Crippen LogP contribution is -2.47. The van der Waals surface area contributed by atoms with Gasteiger partial charge in [0.2, 0.25) is 10.0 Å². The van der Waals surface area contributed by atoms with Crippen LogP contribution in [0.5, 0.6) is 0 Å². The van der Waals surface area contributed by atoms with E-state index in [-0.39, 0.29) is 12.0 Å². The average Bonchev–Trinajstić information content (AvgIpc) is 3.33. The van der Waals surface area contributed by atoms with Crippen molar-refractivity contribution < 1.29 is 8.42 Å². The molecule has 1 fully saturated rings. The molecule has 0 amide bonds. The molecule has 170 valence electrons. The van der Waals surface area contributed by atoms with E-state index in [1.165, 1.54) is 16.3 Å². The average molecular weight is 460 g/mol. The molecule has 0 aromatic heterocycles. The molecule has 1 aliphatic carbocycles. The van der Waals surface area contributed by atoms with E-state index < -0.39 is 10.0 Å². The molecule has 6 heteroatoms. The summed E-state index contributed by atoms with van der Waals surface area (Å²) in [6.45, 7) is 2.63. The molecule has 3 atom stereocenters. The molecule has 3 aliphatic rings. The van der Waals surface area contributed by atoms with Crippen molar-refractivity contribution in [1.82, 2.24) is 9.21 Å². The minimum atomic E-state index is -3.48. The van der Waals surface area contributed by atoms with Gasteiger partial charge < -0.3 is 10.2 Å². The summed E-state index contributed by atoms with van der Waals surface area (Å²) in [6, 6.07) is 21.0. The van der Waals surface area contributed by atoms with E-state index in [2.05, 4.69) is 64.8 Å². The molecule has 0 radical (unpaired) electrons. The first-order valence-electron chi connectivity index (χ1n) is 11.8. The number of allylic oxidation sites excluding steroid dienone is 2. The van der Waals surface area contributed by atoms with Crippen LogP contribution in [0.3, 0.4) is 0 Å². The largest absolute Gasteiger partial charge is 0.378 e. The van der Waals surface area contributed by atoms with E-state index in [1.54, 1.807) is 10.4 Å². The molecular formula is C27H29N3O2S. The van der Waals surface area contributed by atoms with Crippen molar-refractivity contribution in [3.8, 4) is 0 Å². The van der Waals surface area contributed by atoms with Crippen molar-refractivity contribution in [2.75, 3.05) is 38.5 Å². The topological polar surface area (TPSA) is 52.7 Å². The summed E-state index contributed by atoms with van der Waals surface area (Å²) in [5.41, 5.74) is 3.42. The van der Waals surface area contributed by atoms with Crippen LogP contribution in [-0.4, -0.2) is 50.8 Å². The number of sulfonamides is 1. The third-order valence-corrected chi connectivity index (χ3v) is 9.46. The first kappa shape index (κ1) is 20.9.